The second-order valence-corrected chi connectivity index (χ2v) is 7.29. The first-order chi connectivity index (χ1) is 13.0. The lowest BCUT2D eigenvalue weighted by Crippen LogP contribution is -2.43. The van der Waals surface area contributed by atoms with Crippen LogP contribution < -0.4 is 5.69 Å². The van der Waals surface area contributed by atoms with Gasteiger partial charge in [0, 0.05) is 13.1 Å². The highest BCUT2D eigenvalue weighted by molar-refractivity contribution is 6.30. The Balaban J connectivity index is 1.53. The van der Waals surface area contributed by atoms with Gasteiger partial charge in [0.15, 0.2) is 0 Å². The fourth-order valence-corrected chi connectivity index (χ4v) is 3.97. The number of hydrogen-bond donors (Lipinski definition) is 1. The third-order valence-corrected chi connectivity index (χ3v) is 5.37. The van der Waals surface area contributed by atoms with Crippen LogP contribution in [0.3, 0.4) is 0 Å². The van der Waals surface area contributed by atoms with Gasteiger partial charge in [-0.05, 0) is 42.7 Å². The van der Waals surface area contributed by atoms with Crippen molar-refractivity contribution < 1.29 is 9.18 Å². The largest absolute Gasteiger partial charge is 0.340 e. The highest BCUT2D eigenvalue weighted by Crippen LogP contribution is 2.25. The molecule has 1 saturated heterocycles. The van der Waals surface area contributed by atoms with Crippen LogP contribution in [0.15, 0.2) is 47.3 Å². The Bertz CT molecular complexity index is 1060. The number of H-pyrrole nitrogens is 1. The molecule has 1 aliphatic rings. The number of carbonyl (C=O) groups is 1. The predicted octanol–water partition coefficient (Wildman–Crippen LogP) is 3.53. The summed E-state index contributed by atoms with van der Waals surface area (Å²) in [5.74, 6) is -0.542. The maximum Gasteiger partial charge on any atom is 0.326 e. The number of benzene rings is 2. The van der Waals surface area contributed by atoms with Crippen LogP contribution in [0.4, 0.5) is 4.39 Å². The Morgan fingerprint density at radius 3 is 2.89 bits per heavy atom. The van der Waals surface area contributed by atoms with Gasteiger partial charge in [-0.3, -0.25) is 9.36 Å². The van der Waals surface area contributed by atoms with E-state index in [0.717, 1.165) is 23.9 Å². The van der Waals surface area contributed by atoms with E-state index in [0.29, 0.717) is 18.7 Å². The molecule has 1 N–H and O–H groups in total. The summed E-state index contributed by atoms with van der Waals surface area (Å²) in [6.07, 6.45) is 1.83. The number of nitrogens with zero attached hydrogens (tertiary/aromatic N) is 2. The van der Waals surface area contributed by atoms with Gasteiger partial charge in [-0.15, -0.1) is 0 Å². The van der Waals surface area contributed by atoms with Gasteiger partial charge in [0.2, 0.25) is 5.91 Å². The van der Waals surface area contributed by atoms with Gasteiger partial charge in [-0.1, -0.05) is 29.8 Å². The van der Waals surface area contributed by atoms with E-state index in [4.69, 9.17) is 11.6 Å². The summed E-state index contributed by atoms with van der Waals surface area (Å²) in [7, 11) is 0. The zero-order chi connectivity index (χ0) is 19.0. The molecule has 1 aromatic heterocycles. The van der Waals surface area contributed by atoms with Gasteiger partial charge in [0.05, 0.1) is 28.5 Å². The number of imidazole rings is 1. The topological polar surface area (TPSA) is 58.1 Å². The van der Waals surface area contributed by atoms with E-state index in [2.05, 4.69) is 4.98 Å². The Kier molecular flexibility index (Phi) is 4.74. The summed E-state index contributed by atoms with van der Waals surface area (Å²) in [6, 6.07) is 11.8. The molecule has 1 atom stereocenters. The normalized spacial score (nSPS) is 17.4. The van der Waals surface area contributed by atoms with E-state index in [1.165, 1.54) is 12.1 Å². The SMILES string of the molecule is O=C(Cc1ccc(F)c(Cl)c1)N1CCC[C@H](n2c(=O)[nH]c3ccccc32)C1. The molecule has 1 aliphatic heterocycles. The first-order valence-corrected chi connectivity index (χ1v) is 9.31. The fourth-order valence-electron chi connectivity index (χ4n) is 3.76. The van der Waals surface area contributed by atoms with Crippen molar-refractivity contribution in [3.63, 3.8) is 0 Å². The second kappa shape index (κ2) is 7.19. The number of aromatic amines is 1. The quantitative estimate of drug-likeness (QED) is 0.747. The highest BCUT2D eigenvalue weighted by atomic mass is 35.5. The lowest BCUT2D eigenvalue weighted by molar-refractivity contribution is -0.132. The predicted molar refractivity (Wildman–Crippen MR) is 103 cm³/mol. The van der Waals surface area contributed by atoms with Crippen molar-refractivity contribution in [1.82, 2.24) is 14.5 Å². The number of halogens is 2. The number of aromatic nitrogens is 2. The van der Waals surface area contributed by atoms with Crippen LogP contribution in [0, 0.1) is 5.82 Å². The third-order valence-electron chi connectivity index (χ3n) is 5.08. The number of para-hydroxylation sites is 2. The monoisotopic (exact) mass is 387 g/mol. The van der Waals surface area contributed by atoms with Crippen LogP contribution >= 0.6 is 11.6 Å². The third kappa shape index (κ3) is 3.49. The summed E-state index contributed by atoms with van der Waals surface area (Å²) in [5, 5.41) is 0.0159. The Morgan fingerprint density at radius 2 is 2.07 bits per heavy atom. The molecule has 7 heteroatoms. The molecular formula is C20H19ClFN3O2. The molecule has 1 amide bonds. The number of fused-ring (bicyclic) bond motifs is 1. The van der Waals surface area contributed by atoms with Crippen molar-refractivity contribution in [2.24, 2.45) is 0 Å². The molecule has 2 aromatic carbocycles. The Morgan fingerprint density at radius 1 is 1.26 bits per heavy atom. The van der Waals surface area contributed by atoms with Crippen molar-refractivity contribution in [2.75, 3.05) is 13.1 Å². The maximum atomic E-state index is 13.3. The molecule has 0 radical (unpaired) electrons. The smallest absolute Gasteiger partial charge is 0.326 e. The van der Waals surface area contributed by atoms with Crippen molar-refractivity contribution in [1.29, 1.82) is 0 Å². The molecular weight excluding hydrogens is 369 g/mol. The molecule has 3 aromatic rings. The molecule has 4 rings (SSSR count). The molecule has 2 heterocycles. The standard InChI is InChI=1S/C20H19ClFN3O2/c21-15-10-13(7-8-16(15)22)11-19(26)24-9-3-4-14(12-24)25-18-6-2-1-5-17(18)23-20(25)27/h1-2,5-8,10,14H,3-4,9,11-12H2,(H,23,27)/t14-/m0/s1. The lowest BCUT2D eigenvalue weighted by Gasteiger charge is -2.33. The highest BCUT2D eigenvalue weighted by Gasteiger charge is 2.27. The Hall–Kier alpha value is -2.60. The molecule has 0 aliphatic carbocycles. The van der Waals surface area contributed by atoms with Crippen LogP contribution in [0.25, 0.3) is 11.0 Å². The first-order valence-electron chi connectivity index (χ1n) is 8.94. The number of rotatable bonds is 3. The van der Waals surface area contributed by atoms with E-state index in [-0.39, 0.29) is 29.1 Å². The van der Waals surface area contributed by atoms with Crippen molar-refractivity contribution >= 4 is 28.5 Å². The van der Waals surface area contributed by atoms with E-state index < -0.39 is 5.82 Å². The van der Waals surface area contributed by atoms with Crippen molar-refractivity contribution in [3.8, 4) is 0 Å². The number of nitrogens with one attached hydrogen (secondary N) is 1. The number of piperidine rings is 1. The first kappa shape index (κ1) is 17.8. The zero-order valence-corrected chi connectivity index (χ0v) is 15.4. The summed E-state index contributed by atoms with van der Waals surface area (Å²) >= 11 is 5.81. The summed E-state index contributed by atoms with van der Waals surface area (Å²) < 4.78 is 15.1. The summed E-state index contributed by atoms with van der Waals surface area (Å²) in [5.41, 5.74) is 2.18. The van der Waals surface area contributed by atoms with Gasteiger partial charge < -0.3 is 9.88 Å². The molecule has 0 bridgehead atoms. The van der Waals surface area contributed by atoms with E-state index in [9.17, 15) is 14.0 Å². The Labute approximate surface area is 160 Å². The molecule has 0 saturated carbocycles. The molecule has 140 valence electrons. The van der Waals surface area contributed by atoms with Crippen LogP contribution in [0.1, 0.15) is 24.4 Å². The van der Waals surface area contributed by atoms with E-state index in [1.54, 1.807) is 15.5 Å². The minimum atomic E-state index is -0.496. The van der Waals surface area contributed by atoms with Gasteiger partial charge >= 0.3 is 5.69 Å². The summed E-state index contributed by atoms with van der Waals surface area (Å²) in [4.78, 5) is 29.8. The zero-order valence-electron chi connectivity index (χ0n) is 14.6. The van der Waals surface area contributed by atoms with Crippen molar-refractivity contribution in [3.05, 3.63) is 69.4 Å². The van der Waals surface area contributed by atoms with Gasteiger partial charge in [0.25, 0.3) is 0 Å². The lowest BCUT2D eigenvalue weighted by atomic mass is 10.0. The molecule has 5 nitrogen and oxygen atoms in total. The molecule has 0 unspecified atom stereocenters. The van der Waals surface area contributed by atoms with Gasteiger partial charge in [0.1, 0.15) is 5.82 Å². The van der Waals surface area contributed by atoms with Crippen LogP contribution in [-0.2, 0) is 11.2 Å². The van der Waals surface area contributed by atoms with Crippen LogP contribution in [0.2, 0.25) is 5.02 Å². The number of carbonyl (C=O) groups excluding carboxylic acids is 1. The maximum absolute atomic E-state index is 13.3. The molecule has 27 heavy (non-hydrogen) atoms. The number of hydrogen-bond acceptors (Lipinski definition) is 2. The second-order valence-electron chi connectivity index (χ2n) is 6.88. The number of amides is 1. The minimum Gasteiger partial charge on any atom is -0.340 e. The van der Waals surface area contributed by atoms with Gasteiger partial charge in [-0.2, -0.15) is 0 Å². The van der Waals surface area contributed by atoms with E-state index in [1.807, 2.05) is 24.3 Å². The fraction of sp³-hybridized carbons (Fsp3) is 0.300. The average molecular weight is 388 g/mol. The van der Waals surface area contributed by atoms with Crippen molar-refractivity contribution in [2.45, 2.75) is 25.3 Å². The number of likely N-dealkylation sites (tertiary alicyclic amines) is 1. The minimum absolute atomic E-state index is 0.0159. The molecule has 1 fully saturated rings. The van der Waals surface area contributed by atoms with E-state index >= 15 is 0 Å². The summed E-state index contributed by atoms with van der Waals surface area (Å²) in [6.45, 7) is 1.14. The van der Waals surface area contributed by atoms with Crippen LogP contribution in [-0.4, -0.2) is 33.4 Å². The van der Waals surface area contributed by atoms with Gasteiger partial charge in [-0.25, -0.2) is 9.18 Å². The van der Waals surface area contributed by atoms with Crippen LogP contribution in [0.5, 0.6) is 0 Å². The molecule has 0 spiro atoms. The average Bonchev–Trinajstić information content (AvgIpc) is 3.00.